The number of hydrogen-bond donors (Lipinski definition) is 1. The molecule has 1 aliphatic rings. The van der Waals surface area contributed by atoms with Crippen molar-refractivity contribution in [3.63, 3.8) is 0 Å². The lowest BCUT2D eigenvalue weighted by atomic mass is 9.96. The SMILES string of the molecule is COc1ccc([C@H]2C(C(=O)OC(C)C)=C(C)N=c3s/c(=C/c4cc(Cl)c(OCc5cccc(C(=O)O)c5)c(OC)c4)c(=O)n32)cc1. The highest BCUT2D eigenvalue weighted by Gasteiger charge is 2.34. The molecule has 0 radical (unpaired) electrons. The maximum absolute atomic E-state index is 14.0. The van der Waals surface area contributed by atoms with Gasteiger partial charge in [0.05, 0.1) is 52.8 Å². The van der Waals surface area contributed by atoms with Crippen molar-refractivity contribution in [2.45, 2.75) is 39.5 Å². The van der Waals surface area contributed by atoms with Crippen LogP contribution in [0.3, 0.4) is 0 Å². The Morgan fingerprint density at radius 3 is 2.48 bits per heavy atom. The first-order valence-electron chi connectivity index (χ1n) is 14.2. The predicted octanol–water partition coefficient (Wildman–Crippen LogP) is 5.13. The van der Waals surface area contributed by atoms with Gasteiger partial charge in [-0.3, -0.25) is 9.36 Å². The van der Waals surface area contributed by atoms with Crippen LogP contribution in [0.25, 0.3) is 6.08 Å². The molecule has 5 rings (SSSR count). The zero-order valence-corrected chi connectivity index (χ0v) is 27.3. The molecule has 10 nitrogen and oxygen atoms in total. The van der Waals surface area contributed by atoms with E-state index in [0.29, 0.717) is 43.2 Å². The summed E-state index contributed by atoms with van der Waals surface area (Å²) in [5.41, 5.74) is 2.44. The van der Waals surface area contributed by atoms with Gasteiger partial charge in [-0.15, -0.1) is 0 Å². The van der Waals surface area contributed by atoms with Gasteiger partial charge in [0.2, 0.25) is 0 Å². The van der Waals surface area contributed by atoms with Gasteiger partial charge in [0.25, 0.3) is 5.56 Å². The first kappa shape index (κ1) is 32.5. The van der Waals surface area contributed by atoms with Crippen LogP contribution in [0.2, 0.25) is 5.02 Å². The van der Waals surface area contributed by atoms with Crippen LogP contribution in [0.15, 0.2) is 81.7 Å². The molecule has 1 N–H and O–H groups in total. The van der Waals surface area contributed by atoms with Crippen LogP contribution in [-0.4, -0.2) is 41.9 Å². The Bertz CT molecular complexity index is 2030. The number of carbonyl (C=O) groups excluding carboxylic acids is 1. The number of esters is 1. The molecule has 2 heterocycles. The van der Waals surface area contributed by atoms with Crippen LogP contribution in [0.1, 0.15) is 53.9 Å². The molecule has 46 heavy (non-hydrogen) atoms. The van der Waals surface area contributed by atoms with E-state index in [-0.39, 0.29) is 40.2 Å². The highest BCUT2D eigenvalue weighted by molar-refractivity contribution is 7.07. The molecule has 12 heteroatoms. The maximum Gasteiger partial charge on any atom is 0.338 e. The molecule has 4 aromatic rings. The monoisotopic (exact) mass is 662 g/mol. The predicted molar refractivity (Wildman–Crippen MR) is 174 cm³/mol. The highest BCUT2D eigenvalue weighted by atomic mass is 35.5. The van der Waals surface area contributed by atoms with Gasteiger partial charge in [-0.05, 0) is 79.9 Å². The summed E-state index contributed by atoms with van der Waals surface area (Å²) in [6.45, 7) is 5.31. The molecule has 0 unspecified atom stereocenters. The smallest absolute Gasteiger partial charge is 0.338 e. The third kappa shape index (κ3) is 6.70. The van der Waals surface area contributed by atoms with Crippen molar-refractivity contribution in [3.05, 3.63) is 119 Å². The fourth-order valence-corrected chi connectivity index (χ4v) is 6.35. The average Bonchev–Trinajstić information content (AvgIpc) is 3.32. The topological polar surface area (TPSA) is 126 Å². The van der Waals surface area contributed by atoms with E-state index in [1.54, 1.807) is 70.4 Å². The van der Waals surface area contributed by atoms with Crippen LogP contribution in [0.5, 0.6) is 17.2 Å². The number of fused-ring (bicyclic) bond motifs is 1. The normalized spacial score (nSPS) is 14.5. The summed E-state index contributed by atoms with van der Waals surface area (Å²) < 4.78 is 24.2. The van der Waals surface area contributed by atoms with Crippen LogP contribution in [0.4, 0.5) is 0 Å². The lowest BCUT2D eigenvalue weighted by molar-refractivity contribution is -0.143. The summed E-state index contributed by atoms with van der Waals surface area (Å²) in [5, 5.41) is 9.51. The van der Waals surface area contributed by atoms with Crippen molar-refractivity contribution >= 4 is 41.0 Å². The number of methoxy groups -OCH3 is 2. The Balaban J connectivity index is 1.55. The Morgan fingerprint density at radius 2 is 1.83 bits per heavy atom. The van der Waals surface area contributed by atoms with Gasteiger partial charge in [0.1, 0.15) is 12.4 Å². The number of halogens is 1. The Kier molecular flexibility index (Phi) is 9.64. The number of benzene rings is 3. The standard InChI is InChI=1S/C34H31ClN2O8S/c1-18(2)45-33(41)28-19(3)36-34-37(29(28)22-9-11-24(42-4)12-10-22)31(38)27(46-34)16-21-14-25(35)30(26(15-21)43-5)44-17-20-7-6-8-23(13-20)32(39)40/h6-16,18,29H,17H2,1-5H3,(H,39,40)/b27-16+/t29-/m0/s1. The van der Waals surface area contributed by atoms with Crippen molar-refractivity contribution in [2.75, 3.05) is 14.2 Å². The molecule has 0 saturated carbocycles. The molecule has 0 fully saturated rings. The van der Waals surface area contributed by atoms with Crippen LogP contribution in [0, 0.1) is 0 Å². The van der Waals surface area contributed by atoms with Crippen molar-refractivity contribution in [1.29, 1.82) is 0 Å². The second kappa shape index (κ2) is 13.6. The van der Waals surface area contributed by atoms with Crippen LogP contribution < -0.4 is 29.1 Å². The fraction of sp³-hybridized carbons (Fsp3) is 0.235. The second-order valence-electron chi connectivity index (χ2n) is 10.6. The minimum Gasteiger partial charge on any atom is -0.497 e. The first-order chi connectivity index (χ1) is 22.0. The Morgan fingerprint density at radius 1 is 1.09 bits per heavy atom. The minimum absolute atomic E-state index is 0.0570. The van der Waals surface area contributed by atoms with Crippen molar-refractivity contribution < 1.29 is 33.6 Å². The molecule has 238 valence electrons. The number of ether oxygens (including phenoxy) is 4. The van der Waals surface area contributed by atoms with Gasteiger partial charge in [-0.25, -0.2) is 14.6 Å². The molecule has 0 spiro atoms. The number of carboxylic acids is 1. The summed E-state index contributed by atoms with van der Waals surface area (Å²) in [6, 6.07) is 16.1. The average molecular weight is 663 g/mol. The molecule has 1 atom stereocenters. The molecular weight excluding hydrogens is 632 g/mol. The number of rotatable bonds is 10. The number of allylic oxidation sites excluding steroid dienone is 1. The molecule has 3 aromatic carbocycles. The lowest BCUT2D eigenvalue weighted by Gasteiger charge is -2.25. The molecule has 1 aliphatic heterocycles. The van der Waals surface area contributed by atoms with Gasteiger partial charge in [0, 0.05) is 0 Å². The number of aromatic nitrogens is 1. The molecule has 0 amide bonds. The maximum atomic E-state index is 14.0. The van der Waals surface area contributed by atoms with Crippen molar-refractivity contribution in [1.82, 2.24) is 4.57 Å². The second-order valence-corrected chi connectivity index (χ2v) is 12.1. The van der Waals surface area contributed by atoms with E-state index in [1.807, 2.05) is 12.1 Å². The van der Waals surface area contributed by atoms with E-state index in [1.165, 1.54) is 35.1 Å². The number of carbonyl (C=O) groups is 2. The van der Waals surface area contributed by atoms with Crippen LogP contribution in [-0.2, 0) is 16.1 Å². The number of aromatic carboxylic acids is 1. The summed E-state index contributed by atoms with van der Waals surface area (Å²) in [4.78, 5) is 43.7. The molecule has 1 aromatic heterocycles. The number of carboxylic acid groups (broad SMARTS) is 1. The fourth-order valence-electron chi connectivity index (χ4n) is 5.03. The number of thiazole rings is 1. The van der Waals surface area contributed by atoms with Crippen molar-refractivity contribution in [3.8, 4) is 17.2 Å². The Labute approximate surface area is 273 Å². The largest absolute Gasteiger partial charge is 0.497 e. The highest BCUT2D eigenvalue weighted by Crippen LogP contribution is 2.37. The van der Waals surface area contributed by atoms with E-state index in [4.69, 9.17) is 30.5 Å². The molecule has 0 aliphatic carbocycles. The van der Waals surface area contributed by atoms with Gasteiger partial charge >= 0.3 is 11.9 Å². The zero-order valence-electron chi connectivity index (χ0n) is 25.7. The van der Waals surface area contributed by atoms with Gasteiger partial charge in [-0.2, -0.15) is 0 Å². The van der Waals surface area contributed by atoms with Gasteiger partial charge in [0.15, 0.2) is 16.3 Å². The number of hydrogen-bond acceptors (Lipinski definition) is 9. The summed E-state index contributed by atoms with van der Waals surface area (Å²) in [7, 11) is 3.03. The van der Waals surface area contributed by atoms with E-state index >= 15 is 0 Å². The number of nitrogens with zero attached hydrogens (tertiary/aromatic N) is 2. The lowest BCUT2D eigenvalue weighted by Crippen LogP contribution is -2.40. The first-order valence-corrected chi connectivity index (χ1v) is 15.4. The van der Waals surface area contributed by atoms with Gasteiger partial charge < -0.3 is 24.1 Å². The van der Waals surface area contributed by atoms with Gasteiger partial charge in [-0.1, -0.05) is 47.2 Å². The van der Waals surface area contributed by atoms with E-state index in [2.05, 4.69) is 4.99 Å². The third-order valence-corrected chi connectivity index (χ3v) is 8.39. The summed E-state index contributed by atoms with van der Waals surface area (Å²) in [6.07, 6.45) is 1.31. The van der Waals surface area contributed by atoms with Crippen LogP contribution >= 0.6 is 22.9 Å². The van der Waals surface area contributed by atoms with Crippen molar-refractivity contribution in [2.24, 2.45) is 4.99 Å². The quantitative estimate of drug-likeness (QED) is 0.232. The van der Waals surface area contributed by atoms with E-state index in [9.17, 15) is 19.5 Å². The Hall–Kier alpha value is -4.87. The van der Waals surface area contributed by atoms with E-state index < -0.39 is 18.0 Å². The minimum atomic E-state index is -1.04. The summed E-state index contributed by atoms with van der Waals surface area (Å²) in [5.74, 6) is -0.355. The van der Waals surface area contributed by atoms with E-state index in [0.717, 1.165) is 0 Å². The molecule has 0 saturated heterocycles. The summed E-state index contributed by atoms with van der Waals surface area (Å²) >= 11 is 7.81. The molecular formula is C34H31ClN2O8S. The third-order valence-electron chi connectivity index (χ3n) is 7.12. The molecule has 0 bridgehead atoms. The zero-order chi connectivity index (χ0) is 33.1.